The molecule has 0 amide bonds. The first-order valence-electron chi connectivity index (χ1n) is 6.50. The number of rotatable bonds is 5. The summed E-state index contributed by atoms with van der Waals surface area (Å²) in [5.41, 5.74) is 0.826. The highest BCUT2D eigenvalue weighted by Crippen LogP contribution is 2.22. The van der Waals surface area contributed by atoms with Gasteiger partial charge in [-0.1, -0.05) is 37.3 Å². The molecule has 5 heteroatoms. The SMILES string of the molecule is CC(=O)C(C)c1ccc(OS(=O)(=O)c2ccccc2)cc1. The number of benzene rings is 2. The molecule has 0 aliphatic heterocycles. The van der Waals surface area contributed by atoms with Crippen LogP contribution in [0.15, 0.2) is 59.5 Å². The van der Waals surface area contributed by atoms with Crippen molar-refractivity contribution >= 4 is 15.9 Å². The zero-order valence-electron chi connectivity index (χ0n) is 11.8. The summed E-state index contributed by atoms with van der Waals surface area (Å²) in [6.45, 7) is 3.33. The van der Waals surface area contributed by atoms with E-state index < -0.39 is 10.1 Å². The van der Waals surface area contributed by atoms with E-state index in [1.54, 1.807) is 49.4 Å². The Morgan fingerprint density at radius 1 is 1.00 bits per heavy atom. The van der Waals surface area contributed by atoms with Crippen molar-refractivity contribution in [1.82, 2.24) is 0 Å². The highest BCUT2D eigenvalue weighted by Gasteiger charge is 2.16. The molecule has 21 heavy (non-hydrogen) atoms. The van der Waals surface area contributed by atoms with Crippen LogP contribution in [0.3, 0.4) is 0 Å². The third-order valence-corrected chi connectivity index (χ3v) is 4.49. The topological polar surface area (TPSA) is 60.4 Å². The molecule has 0 radical (unpaired) electrons. The molecule has 0 saturated heterocycles. The monoisotopic (exact) mass is 304 g/mol. The Morgan fingerprint density at radius 2 is 1.57 bits per heavy atom. The average Bonchev–Trinajstić information content (AvgIpc) is 2.48. The number of carbonyl (C=O) groups is 1. The summed E-state index contributed by atoms with van der Waals surface area (Å²) < 4.78 is 29.2. The lowest BCUT2D eigenvalue weighted by molar-refractivity contribution is -0.118. The number of hydrogen-bond acceptors (Lipinski definition) is 4. The zero-order valence-corrected chi connectivity index (χ0v) is 12.6. The summed E-state index contributed by atoms with van der Waals surface area (Å²) in [4.78, 5) is 11.4. The van der Waals surface area contributed by atoms with Gasteiger partial charge in [0.05, 0.1) is 0 Å². The normalized spacial score (nSPS) is 12.7. The molecule has 4 nitrogen and oxygen atoms in total. The van der Waals surface area contributed by atoms with E-state index in [1.165, 1.54) is 19.1 Å². The molecule has 2 rings (SSSR count). The fourth-order valence-electron chi connectivity index (χ4n) is 1.81. The van der Waals surface area contributed by atoms with Crippen LogP contribution in [-0.2, 0) is 14.9 Å². The predicted octanol–water partition coefficient (Wildman–Crippen LogP) is 3.15. The summed E-state index contributed by atoms with van der Waals surface area (Å²) in [7, 11) is -3.83. The van der Waals surface area contributed by atoms with Gasteiger partial charge in [0.2, 0.25) is 0 Å². The Kier molecular flexibility index (Phi) is 4.43. The van der Waals surface area contributed by atoms with Crippen molar-refractivity contribution in [1.29, 1.82) is 0 Å². The zero-order chi connectivity index (χ0) is 15.5. The van der Waals surface area contributed by atoms with E-state index in [0.29, 0.717) is 0 Å². The van der Waals surface area contributed by atoms with E-state index >= 15 is 0 Å². The van der Waals surface area contributed by atoms with E-state index in [-0.39, 0.29) is 22.3 Å². The van der Waals surface area contributed by atoms with Gasteiger partial charge in [0.25, 0.3) is 0 Å². The molecule has 0 spiro atoms. The van der Waals surface area contributed by atoms with E-state index in [9.17, 15) is 13.2 Å². The number of hydrogen-bond donors (Lipinski definition) is 0. The molecular formula is C16H16O4S. The first kappa shape index (κ1) is 15.3. The Bertz CT molecular complexity index is 719. The minimum absolute atomic E-state index is 0.0561. The highest BCUT2D eigenvalue weighted by atomic mass is 32.2. The Labute approximate surface area is 124 Å². The minimum atomic E-state index is -3.83. The Balaban J connectivity index is 2.19. The number of carbonyl (C=O) groups excluding carboxylic acids is 1. The van der Waals surface area contributed by atoms with Gasteiger partial charge in [0, 0.05) is 5.92 Å². The van der Waals surface area contributed by atoms with Crippen LogP contribution >= 0.6 is 0 Å². The number of ketones is 1. The van der Waals surface area contributed by atoms with Crippen LogP contribution in [0.5, 0.6) is 5.75 Å². The van der Waals surface area contributed by atoms with Crippen molar-refractivity contribution in [2.45, 2.75) is 24.7 Å². The third-order valence-electron chi connectivity index (χ3n) is 3.23. The summed E-state index contributed by atoms with van der Waals surface area (Å²) in [5.74, 6) is 0.0590. The second-order valence-corrected chi connectivity index (χ2v) is 6.30. The lowest BCUT2D eigenvalue weighted by Crippen LogP contribution is -2.10. The summed E-state index contributed by atoms with van der Waals surface area (Å²) >= 11 is 0. The molecular weight excluding hydrogens is 288 g/mol. The van der Waals surface area contributed by atoms with Crippen molar-refractivity contribution in [2.75, 3.05) is 0 Å². The van der Waals surface area contributed by atoms with E-state index in [2.05, 4.69) is 0 Å². The number of Topliss-reactive ketones (excluding diaryl/α,β-unsaturated/α-hetero) is 1. The van der Waals surface area contributed by atoms with Gasteiger partial charge in [-0.05, 0) is 36.8 Å². The van der Waals surface area contributed by atoms with Gasteiger partial charge in [0.1, 0.15) is 16.4 Å². The van der Waals surface area contributed by atoms with E-state index in [4.69, 9.17) is 4.18 Å². The maximum atomic E-state index is 12.1. The van der Waals surface area contributed by atoms with Crippen molar-refractivity contribution in [3.8, 4) is 5.75 Å². The molecule has 0 saturated carbocycles. The van der Waals surface area contributed by atoms with Crippen molar-refractivity contribution in [3.05, 3.63) is 60.2 Å². The summed E-state index contributed by atoms with van der Waals surface area (Å²) in [6, 6.07) is 14.4. The quantitative estimate of drug-likeness (QED) is 0.796. The Morgan fingerprint density at radius 3 is 2.10 bits per heavy atom. The first-order chi connectivity index (χ1) is 9.90. The molecule has 110 valence electrons. The van der Waals surface area contributed by atoms with Gasteiger partial charge in [-0.25, -0.2) is 0 Å². The van der Waals surface area contributed by atoms with E-state index in [1.807, 2.05) is 0 Å². The molecule has 0 N–H and O–H groups in total. The molecule has 2 aromatic carbocycles. The minimum Gasteiger partial charge on any atom is -0.379 e. The van der Waals surface area contributed by atoms with Crippen molar-refractivity contribution in [3.63, 3.8) is 0 Å². The lowest BCUT2D eigenvalue weighted by atomic mass is 9.98. The fourth-order valence-corrected chi connectivity index (χ4v) is 2.76. The maximum Gasteiger partial charge on any atom is 0.339 e. The van der Waals surface area contributed by atoms with Gasteiger partial charge < -0.3 is 4.18 Å². The average molecular weight is 304 g/mol. The van der Waals surface area contributed by atoms with Crippen molar-refractivity contribution in [2.24, 2.45) is 0 Å². The largest absolute Gasteiger partial charge is 0.379 e. The van der Waals surface area contributed by atoms with Crippen LogP contribution in [0.2, 0.25) is 0 Å². The van der Waals surface area contributed by atoms with Crippen LogP contribution in [-0.4, -0.2) is 14.2 Å². The predicted molar refractivity (Wildman–Crippen MR) is 79.8 cm³/mol. The van der Waals surface area contributed by atoms with Crippen LogP contribution < -0.4 is 4.18 Å². The maximum absolute atomic E-state index is 12.1. The van der Waals surface area contributed by atoms with Crippen LogP contribution in [0, 0.1) is 0 Å². The summed E-state index contributed by atoms with van der Waals surface area (Å²) in [5, 5.41) is 0. The van der Waals surface area contributed by atoms with Gasteiger partial charge in [-0.15, -0.1) is 0 Å². The molecule has 0 heterocycles. The molecule has 1 atom stereocenters. The molecule has 0 aromatic heterocycles. The lowest BCUT2D eigenvalue weighted by Gasteiger charge is -2.10. The molecule has 0 aliphatic carbocycles. The van der Waals surface area contributed by atoms with Crippen LogP contribution in [0.1, 0.15) is 25.3 Å². The van der Waals surface area contributed by atoms with Gasteiger partial charge >= 0.3 is 10.1 Å². The molecule has 1 unspecified atom stereocenters. The smallest absolute Gasteiger partial charge is 0.339 e. The molecule has 0 bridgehead atoms. The fraction of sp³-hybridized carbons (Fsp3) is 0.188. The second-order valence-electron chi connectivity index (χ2n) is 4.75. The molecule has 0 aliphatic rings. The molecule has 2 aromatic rings. The standard InChI is InChI=1S/C16H16O4S/c1-12(13(2)17)14-8-10-15(11-9-14)20-21(18,19)16-6-4-3-5-7-16/h3-12H,1-2H3. The van der Waals surface area contributed by atoms with Crippen LogP contribution in [0.25, 0.3) is 0 Å². The summed E-state index contributed by atoms with van der Waals surface area (Å²) in [6.07, 6.45) is 0. The van der Waals surface area contributed by atoms with Crippen LogP contribution in [0.4, 0.5) is 0 Å². The van der Waals surface area contributed by atoms with Gasteiger partial charge in [-0.2, -0.15) is 8.42 Å². The Hall–Kier alpha value is -2.14. The first-order valence-corrected chi connectivity index (χ1v) is 7.91. The van der Waals surface area contributed by atoms with E-state index in [0.717, 1.165) is 5.56 Å². The third kappa shape index (κ3) is 3.70. The van der Waals surface area contributed by atoms with Crippen molar-refractivity contribution < 1.29 is 17.4 Å². The second kappa shape index (κ2) is 6.10. The molecule has 0 fully saturated rings. The highest BCUT2D eigenvalue weighted by molar-refractivity contribution is 7.87. The van der Waals surface area contributed by atoms with Gasteiger partial charge in [-0.3, -0.25) is 4.79 Å². The van der Waals surface area contributed by atoms with Gasteiger partial charge in [0.15, 0.2) is 0 Å².